The van der Waals surface area contributed by atoms with Crippen LogP contribution in [0, 0.1) is 13.8 Å². The maximum atomic E-state index is 11.9. The first-order valence-electron chi connectivity index (χ1n) is 8.20. The van der Waals surface area contributed by atoms with E-state index in [0.29, 0.717) is 11.5 Å². The fourth-order valence-electron chi connectivity index (χ4n) is 2.37. The summed E-state index contributed by atoms with van der Waals surface area (Å²) in [6, 6.07) is 11.2. The van der Waals surface area contributed by atoms with Crippen molar-refractivity contribution in [2.45, 2.75) is 13.8 Å². The summed E-state index contributed by atoms with van der Waals surface area (Å²) in [5.41, 5.74) is 7.24. The number of amides is 2. The fraction of sp³-hybridized carbons (Fsp3) is 0.200. The number of nitrogens with one attached hydrogen (secondary N) is 2. The Kier molecular flexibility index (Phi) is 7.43. The third-order valence-electron chi connectivity index (χ3n) is 3.69. The highest BCUT2D eigenvalue weighted by atomic mass is 79.9. The average Bonchev–Trinajstić information content (AvgIpc) is 2.64. The highest BCUT2D eigenvalue weighted by molar-refractivity contribution is 9.10. The first-order valence-corrected chi connectivity index (χ1v) is 8.99. The lowest BCUT2D eigenvalue weighted by Crippen LogP contribution is -2.43. The Morgan fingerprint density at radius 2 is 1.81 bits per heavy atom. The molecule has 6 nitrogen and oxygen atoms in total. The molecular formula is C20H21BrN2O4. The van der Waals surface area contributed by atoms with E-state index in [1.165, 1.54) is 6.08 Å². The van der Waals surface area contributed by atoms with Gasteiger partial charge in [0, 0.05) is 16.1 Å². The van der Waals surface area contributed by atoms with Crippen LogP contribution in [-0.2, 0) is 9.59 Å². The molecule has 0 aliphatic rings. The van der Waals surface area contributed by atoms with Crippen LogP contribution in [0.3, 0.4) is 0 Å². The Hall–Kier alpha value is -2.80. The molecule has 2 amide bonds. The SMILES string of the molecule is COc1ccc(Br)cc1/C=C/C(=O)NNC(=O)COc1c(C)cccc1C. The smallest absolute Gasteiger partial charge is 0.276 e. The Morgan fingerprint density at radius 3 is 2.48 bits per heavy atom. The van der Waals surface area contributed by atoms with E-state index in [4.69, 9.17) is 9.47 Å². The average molecular weight is 433 g/mol. The van der Waals surface area contributed by atoms with Crippen molar-refractivity contribution in [3.63, 3.8) is 0 Å². The third kappa shape index (κ3) is 6.14. The summed E-state index contributed by atoms with van der Waals surface area (Å²) >= 11 is 3.37. The van der Waals surface area contributed by atoms with E-state index in [-0.39, 0.29) is 6.61 Å². The van der Waals surface area contributed by atoms with Crippen molar-refractivity contribution in [1.82, 2.24) is 10.9 Å². The van der Waals surface area contributed by atoms with E-state index in [0.717, 1.165) is 21.2 Å². The van der Waals surface area contributed by atoms with E-state index in [1.54, 1.807) is 19.3 Å². The second-order valence-electron chi connectivity index (χ2n) is 5.77. The standard InChI is InChI=1S/C20H21BrN2O4/c1-13-5-4-6-14(2)20(13)27-12-19(25)23-22-18(24)10-7-15-11-16(21)8-9-17(15)26-3/h4-11H,12H2,1-3H3,(H,22,24)(H,23,25)/b10-7+. The largest absolute Gasteiger partial charge is 0.496 e. The number of benzene rings is 2. The van der Waals surface area contributed by atoms with Gasteiger partial charge < -0.3 is 9.47 Å². The molecule has 0 fully saturated rings. The minimum Gasteiger partial charge on any atom is -0.496 e. The van der Waals surface area contributed by atoms with E-state index >= 15 is 0 Å². The molecule has 0 bridgehead atoms. The number of hydrogen-bond donors (Lipinski definition) is 2. The number of aryl methyl sites for hydroxylation is 2. The van der Waals surface area contributed by atoms with Gasteiger partial charge in [-0.25, -0.2) is 0 Å². The summed E-state index contributed by atoms with van der Waals surface area (Å²) in [5, 5.41) is 0. The van der Waals surface area contributed by atoms with Gasteiger partial charge in [-0.3, -0.25) is 20.4 Å². The van der Waals surface area contributed by atoms with Crippen molar-refractivity contribution < 1.29 is 19.1 Å². The molecular weight excluding hydrogens is 412 g/mol. The molecule has 0 heterocycles. The van der Waals surface area contributed by atoms with Gasteiger partial charge >= 0.3 is 0 Å². The molecule has 142 valence electrons. The van der Waals surface area contributed by atoms with E-state index in [1.807, 2.05) is 44.2 Å². The van der Waals surface area contributed by atoms with Crippen LogP contribution in [0.2, 0.25) is 0 Å². The van der Waals surface area contributed by atoms with Gasteiger partial charge in [-0.05, 0) is 49.2 Å². The topological polar surface area (TPSA) is 76.7 Å². The normalized spacial score (nSPS) is 10.5. The monoisotopic (exact) mass is 432 g/mol. The fourth-order valence-corrected chi connectivity index (χ4v) is 2.75. The molecule has 0 aliphatic heterocycles. The van der Waals surface area contributed by atoms with Crippen LogP contribution in [0.4, 0.5) is 0 Å². The van der Waals surface area contributed by atoms with Crippen LogP contribution >= 0.6 is 15.9 Å². The second-order valence-corrected chi connectivity index (χ2v) is 6.68. The van der Waals surface area contributed by atoms with Crippen molar-refractivity contribution in [3.8, 4) is 11.5 Å². The molecule has 2 N–H and O–H groups in total. The maximum absolute atomic E-state index is 11.9. The summed E-state index contributed by atoms with van der Waals surface area (Å²) in [5.74, 6) is 0.366. The van der Waals surface area contributed by atoms with Gasteiger partial charge in [0.05, 0.1) is 7.11 Å². The molecule has 0 aromatic heterocycles. The summed E-state index contributed by atoms with van der Waals surface area (Å²) in [6.45, 7) is 3.61. The number of hydrazine groups is 1. The molecule has 0 radical (unpaired) electrons. The molecule has 2 aromatic carbocycles. The lowest BCUT2D eigenvalue weighted by atomic mass is 10.1. The van der Waals surface area contributed by atoms with Gasteiger partial charge in [-0.15, -0.1) is 0 Å². The summed E-state index contributed by atoms with van der Waals surface area (Å²) < 4.78 is 11.6. The molecule has 0 atom stereocenters. The van der Waals surface area contributed by atoms with Gasteiger partial charge in [0.25, 0.3) is 11.8 Å². The van der Waals surface area contributed by atoms with Crippen LogP contribution in [0.15, 0.2) is 46.9 Å². The number of ether oxygens (including phenoxy) is 2. The van der Waals surface area contributed by atoms with Crippen molar-refractivity contribution >= 4 is 33.8 Å². The Morgan fingerprint density at radius 1 is 1.11 bits per heavy atom. The zero-order valence-corrected chi connectivity index (χ0v) is 16.9. The summed E-state index contributed by atoms with van der Waals surface area (Å²) in [7, 11) is 1.55. The van der Waals surface area contributed by atoms with Crippen LogP contribution in [0.5, 0.6) is 11.5 Å². The Bertz CT molecular complexity index is 845. The molecule has 0 spiro atoms. The van der Waals surface area contributed by atoms with Crippen molar-refractivity contribution in [1.29, 1.82) is 0 Å². The van der Waals surface area contributed by atoms with E-state index in [2.05, 4.69) is 26.8 Å². The minimum atomic E-state index is -0.475. The van der Waals surface area contributed by atoms with Gasteiger partial charge in [0.1, 0.15) is 11.5 Å². The molecule has 2 rings (SSSR count). The van der Waals surface area contributed by atoms with Crippen molar-refractivity contribution in [2.24, 2.45) is 0 Å². The van der Waals surface area contributed by atoms with Gasteiger partial charge in [-0.1, -0.05) is 34.1 Å². The van der Waals surface area contributed by atoms with Gasteiger partial charge in [0.15, 0.2) is 6.61 Å². The Balaban J connectivity index is 1.85. The first kappa shape index (κ1) is 20.5. The molecule has 0 unspecified atom stereocenters. The summed E-state index contributed by atoms with van der Waals surface area (Å²) in [6.07, 6.45) is 2.90. The van der Waals surface area contributed by atoms with Crippen molar-refractivity contribution in [3.05, 3.63) is 63.6 Å². The number of carbonyl (C=O) groups is 2. The quantitative estimate of drug-likeness (QED) is 0.542. The molecule has 27 heavy (non-hydrogen) atoms. The molecule has 2 aromatic rings. The lowest BCUT2D eigenvalue weighted by molar-refractivity contribution is -0.128. The highest BCUT2D eigenvalue weighted by Gasteiger charge is 2.08. The van der Waals surface area contributed by atoms with Crippen molar-refractivity contribution in [2.75, 3.05) is 13.7 Å². The highest BCUT2D eigenvalue weighted by Crippen LogP contribution is 2.24. The lowest BCUT2D eigenvalue weighted by Gasteiger charge is -2.12. The molecule has 0 saturated heterocycles. The number of methoxy groups -OCH3 is 1. The second kappa shape index (κ2) is 9.78. The zero-order chi connectivity index (χ0) is 19.8. The number of rotatable bonds is 6. The minimum absolute atomic E-state index is 0.199. The van der Waals surface area contributed by atoms with Crippen LogP contribution in [0.1, 0.15) is 16.7 Å². The predicted molar refractivity (Wildman–Crippen MR) is 107 cm³/mol. The third-order valence-corrected chi connectivity index (χ3v) is 4.18. The number of hydrogen-bond acceptors (Lipinski definition) is 4. The Labute approximate surface area is 166 Å². The number of halogens is 1. The summed E-state index contributed by atoms with van der Waals surface area (Å²) in [4.78, 5) is 23.7. The van der Waals surface area contributed by atoms with Gasteiger partial charge in [-0.2, -0.15) is 0 Å². The first-order chi connectivity index (χ1) is 12.9. The maximum Gasteiger partial charge on any atom is 0.276 e. The van der Waals surface area contributed by atoms with Crippen LogP contribution < -0.4 is 20.3 Å². The molecule has 0 saturated carbocycles. The van der Waals surface area contributed by atoms with Crippen LogP contribution in [0.25, 0.3) is 6.08 Å². The van der Waals surface area contributed by atoms with Crippen LogP contribution in [-0.4, -0.2) is 25.5 Å². The number of carbonyl (C=O) groups excluding carboxylic acids is 2. The van der Waals surface area contributed by atoms with Gasteiger partial charge in [0.2, 0.25) is 0 Å². The zero-order valence-electron chi connectivity index (χ0n) is 15.3. The predicted octanol–water partition coefficient (Wildman–Crippen LogP) is 3.31. The molecule has 7 heteroatoms. The van der Waals surface area contributed by atoms with E-state index in [9.17, 15) is 9.59 Å². The molecule has 0 aliphatic carbocycles. The van der Waals surface area contributed by atoms with E-state index < -0.39 is 11.8 Å². The number of para-hydroxylation sites is 1.